The smallest absolute Gasteiger partial charge is 0.313 e. The third-order valence-electron chi connectivity index (χ3n) is 4.25. The lowest BCUT2D eigenvalue weighted by Crippen LogP contribution is -2.45. The monoisotopic (exact) mass is 426 g/mol. The lowest BCUT2D eigenvalue weighted by atomic mass is 10.1. The number of carbonyl (C=O) groups is 2. The van der Waals surface area contributed by atoms with Crippen LogP contribution in [0.15, 0.2) is 36.4 Å². The Balaban J connectivity index is 1.66. The van der Waals surface area contributed by atoms with Crippen molar-refractivity contribution >= 4 is 40.7 Å². The molecule has 0 atom stereocenters. The Morgan fingerprint density at radius 3 is 2.50 bits per heavy atom. The summed E-state index contributed by atoms with van der Waals surface area (Å²) < 4.78 is 19.8. The third kappa shape index (κ3) is 4.92. The minimum Gasteiger partial charge on any atom is -0.453 e. The number of rotatable bonds is 3. The van der Waals surface area contributed by atoms with E-state index in [0.29, 0.717) is 31.0 Å². The average Bonchev–Trinajstić information content (AvgIpc) is 2.66. The number of aliphatic hydroxyl groups is 1. The maximum absolute atomic E-state index is 14.3. The van der Waals surface area contributed by atoms with Gasteiger partial charge in [0.25, 0.3) is 0 Å². The number of halogens is 3. The van der Waals surface area contributed by atoms with E-state index < -0.39 is 23.7 Å². The van der Waals surface area contributed by atoms with Crippen molar-refractivity contribution < 1.29 is 23.8 Å². The summed E-state index contributed by atoms with van der Waals surface area (Å²) in [7, 11) is 0. The molecule has 0 saturated carbocycles. The molecule has 1 saturated heterocycles. The number of hydrogen-bond donors (Lipinski definition) is 2. The van der Waals surface area contributed by atoms with Crippen LogP contribution in [0.1, 0.15) is 12.8 Å². The molecule has 0 aliphatic carbocycles. The van der Waals surface area contributed by atoms with Gasteiger partial charge in [0.05, 0.1) is 11.1 Å². The molecule has 0 unspecified atom stereocenters. The van der Waals surface area contributed by atoms with Gasteiger partial charge in [0.15, 0.2) is 11.6 Å². The number of anilines is 1. The molecule has 6 nitrogen and oxygen atoms in total. The highest BCUT2D eigenvalue weighted by Crippen LogP contribution is 2.33. The summed E-state index contributed by atoms with van der Waals surface area (Å²) in [5.41, 5.74) is 0.109. The first kappa shape index (κ1) is 20.4. The number of likely N-dealkylation sites (tertiary alicyclic amines) is 1. The molecule has 2 N–H and O–H groups in total. The predicted molar refractivity (Wildman–Crippen MR) is 103 cm³/mol. The Morgan fingerprint density at radius 1 is 1.11 bits per heavy atom. The second kappa shape index (κ2) is 8.77. The molecule has 0 bridgehead atoms. The van der Waals surface area contributed by atoms with Crippen molar-refractivity contribution in [3.05, 3.63) is 52.3 Å². The maximum atomic E-state index is 14.3. The number of aliphatic hydroxyl groups excluding tert-OH is 1. The van der Waals surface area contributed by atoms with Crippen LogP contribution in [0.2, 0.25) is 10.0 Å². The molecule has 2 aromatic rings. The van der Waals surface area contributed by atoms with Crippen molar-refractivity contribution in [2.24, 2.45) is 0 Å². The topological polar surface area (TPSA) is 78.9 Å². The van der Waals surface area contributed by atoms with E-state index in [-0.39, 0.29) is 22.2 Å². The molecule has 1 aliphatic heterocycles. The van der Waals surface area contributed by atoms with Crippen LogP contribution in [0.5, 0.6) is 11.5 Å². The van der Waals surface area contributed by atoms with E-state index in [1.165, 1.54) is 29.2 Å². The predicted octanol–water partition coefficient (Wildman–Crippen LogP) is 3.85. The third-order valence-corrected chi connectivity index (χ3v) is 4.80. The molecule has 2 aromatic carbocycles. The fourth-order valence-corrected chi connectivity index (χ4v) is 3.05. The van der Waals surface area contributed by atoms with Gasteiger partial charge in [0.1, 0.15) is 5.75 Å². The molecule has 3 rings (SSSR count). The van der Waals surface area contributed by atoms with Crippen molar-refractivity contribution in [1.82, 2.24) is 4.90 Å². The number of benzene rings is 2. The van der Waals surface area contributed by atoms with Gasteiger partial charge >= 0.3 is 11.8 Å². The van der Waals surface area contributed by atoms with Crippen molar-refractivity contribution in [3.8, 4) is 11.5 Å². The quantitative estimate of drug-likeness (QED) is 0.730. The maximum Gasteiger partial charge on any atom is 0.313 e. The standard InChI is InChI=1S/C19H17Cl2FN2O4/c20-11-1-3-14(21)17(9-11)28-16-4-2-12(10-15(16)22)23-18(26)19(27)24-7-5-13(25)6-8-24/h1-4,9-10,13,25H,5-8H2,(H,23,26). The first-order chi connectivity index (χ1) is 13.3. The van der Waals surface area contributed by atoms with Gasteiger partial charge in [-0.1, -0.05) is 23.2 Å². The first-order valence-corrected chi connectivity index (χ1v) is 9.30. The van der Waals surface area contributed by atoms with Gasteiger partial charge in [-0.25, -0.2) is 4.39 Å². The highest BCUT2D eigenvalue weighted by atomic mass is 35.5. The van der Waals surface area contributed by atoms with Crippen molar-refractivity contribution in [3.63, 3.8) is 0 Å². The van der Waals surface area contributed by atoms with E-state index in [4.69, 9.17) is 27.9 Å². The molecule has 2 amide bonds. The summed E-state index contributed by atoms with van der Waals surface area (Å²) in [6.45, 7) is 0.601. The molecule has 9 heteroatoms. The SMILES string of the molecule is O=C(Nc1ccc(Oc2cc(Cl)ccc2Cl)c(F)c1)C(=O)N1CCC(O)CC1. The van der Waals surface area contributed by atoms with Crippen LogP contribution >= 0.6 is 23.2 Å². The molecule has 1 heterocycles. The van der Waals surface area contributed by atoms with Crippen LogP contribution in [0.4, 0.5) is 10.1 Å². The molecule has 28 heavy (non-hydrogen) atoms. The van der Waals surface area contributed by atoms with E-state index in [2.05, 4.69) is 5.32 Å². The second-order valence-electron chi connectivity index (χ2n) is 6.30. The van der Waals surface area contributed by atoms with Gasteiger partial charge in [-0.15, -0.1) is 0 Å². The van der Waals surface area contributed by atoms with Crippen molar-refractivity contribution in [1.29, 1.82) is 0 Å². The Bertz CT molecular complexity index is 901. The Morgan fingerprint density at radius 2 is 1.82 bits per heavy atom. The molecular weight excluding hydrogens is 410 g/mol. The van der Waals surface area contributed by atoms with Crippen LogP contribution in [0.25, 0.3) is 0 Å². The Kier molecular flexibility index (Phi) is 6.39. The summed E-state index contributed by atoms with van der Waals surface area (Å²) >= 11 is 11.9. The molecule has 148 valence electrons. The number of hydrogen-bond acceptors (Lipinski definition) is 4. The highest BCUT2D eigenvalue weighted by Gasteiger charge is 2.26. The summed E-state index contributed by atoms with van der Waals surface area (Å²) in [5.74, 6) is -2.27. The van der Waals surface area contributed by atoms with Gasteiger partial charge in [-0.2, -0.15) is 0 Å². The van der Waals surface area contributed by atoms with E-state index in [1.807, 2.05) is 0 Å². The van der Waals surface area contributed by atoms with Crippen molar-refractivity contribution in [2.45, 2.75) is 18.9 Å². The molecule has 1 aliphatic rings. The van der Waals surface area contributed by atoms with E-state index in [9.17, 15) is 19.1 Å². The lowest BCUT2D eigenvalue weighted by Gasteiger charge is -2.28. The van der Waals surface area contributed by atoms with Crippen LogP contribution in [0.3, 0.4) is 0 Å². The fourth-order valence-electron chi connectivity index (χ4n) is 2.73. The largest absolute Gasteiger partial charge is 0.453 e. The minimum atomic E-state index is -0.873. The van der Waals surface area contributed by atoms with Crippen LogP contribution in [-0.2, 0) is 9.59 Å². The summed E-state index contributed by atoms with van der Waals surface area (Å²) in [4.78, 5) is 25.6. The number of piperidine rings is 1. The number of amides is 2. The number of nitrogens with one attached hydrogen (secondary N) is 1. The van der Waals surface area contributed by atoms with Gasteiger partial charge in [-0.05, 0) is 37.1 Å². The van der Waals surface area contributed by atoms with E-state index in [1.54, 1.807) is 6.07 Å². The van der Waals surface area contributed by atoms with Gasteiger partial charge in [0, 0.05) is 35.9 Å². The summed E-state index contributed by atoms with van der Waals surface area (Å²) in [6.07, 6.45) is 0.388. The van der Waals surface area contributed by atoms with Crippen LogP contribution < -0.4 is 10.1 Å². The Labute approximate surface area is 170 Å². The molecule has 0 aromatic heterocycles. The van der Waals surface area contributed by atoms with E-state index in [0.717, 1.165) is 6.07 Å². The van der Waals surface area contributed by atoms with Gasteiger partial charge in [0.2, 0.25) is 0 Å². The highest BCUT2D eigenvalue weighted by molar-refractivity contribution is 6.39. The minimum absolute atomic E-state index is 0.109. The second-order valence-corrected chi connectivity index (χ2v) is 7.14. The zero-order chi connectivity index (χ0) is 20.3. The zero-order valence-corrected chi connectivity index (χ0v) is 16.1. The first-order valence-electron chi connectivity index (χ1n) is 8.54. The number of ether oxygens (including phenoxy) is 1. The van der Waals surface area contributed by atoms with Crippen LogP contribution in [0, 0.1) is 5.82 Å². The number of nitrogens with zero attached hydrogens (tertiary/aromatic N) is 1. The molecule has 0 spiro atoms. The summed E-state index contributed by atoms with van der Waals surface area (Å²) in [5, 5.41) is 12.5. The molecule has 0 radical (unpaired) electrons. The Hall–Kier alpha value is -2.35. The molecular formula is C19H17Cl2FN2O4. The molecule has 1 fully saturated rings. The summed E-state index contributed by atoms with van der Waals surface area (Å²) in [6, 6.07) is 8.31. The average molecular weight is 427 g/mol. The van der Waals surface area contributed by atoms with Crippen molar-refractivity contribution in [2.75, 3.05) is 18.4 Å². The van der Waals surface area contributed by atoms with Gasteiger partial charge < -0.3 is 20.1 Å². The van der Waals surface area contributed by atoms with Crippen LogP contribution in [-0.4, -0.2) is 41.0 Å². The normalized spacial score (nSPS) is 14.6. The van der Waals surface area contributed by atoms with Gasteiger partial charge in [-0.3, -0.25) is 9.59 Å². The fraction of sp³-hybridized carbons (Fsp3) is 0.263. The zero-order valence-electron chi connectivity index (χ0n) is 14.6. The number of carbonyl (C=O) groups excluding carboxylic acids is 2. The van der Waals surface area contributed by atoms with E-state index >= 15 is 0 Å². The lowest BCUT2D eigenvalue weighted by molar-refractivity contribution is -0.144.